The van der Waals surface area contributed by atoms with Crippen LogP contribution < -0.4 is 5.73 Å². The van der Waals surface area contributed by atoms with Gasteiger partial charge in [-0.25, -0.2) is 4.98 Å². The molecule has 0 unspecified atom stereocenters. The summed E-state index contributed by atoms with van der Waals surface area (Å²) >= 11 is 0. The Morgan fingerprint density at radius 3 is 2.67 bits per heavy atom. The zero-order valence-electron chi connectivity index (χ0n) is 8.02. The first-order valence-corrected chi connectivity index (χ1v) is 4.37. The standard InChI is InChI=1S/C10H16N2/c1-4-5-9-6-10(11)12-8(3)7(9)2/h6H,4-5H2,1-3H3,(H2,11,12). The van der Waals surface area contributed by atoms with Crippen molar-refractivity contribution in [1.29, 1.82) is 0 Å². The Balaban J connectivity index is 3.09. The largest absolute Gasteiger partial charge is 0.384 e. The lowest BCUT2D eigenvalue weighted by molar-refractivity contribution is 0.903. The van der Waals surface area contributed by atoms with Crippen molar-refractivity contribution in [3.8, 4) is 0 Å². The van der Waals surface area contributed by atoms with Crippen molar-refractivity contribution in [3.63, 3.8) is 0 Å². The number of aromatic nitrogens is 1. The average Bonchev–Trinajstić information content (AvgIpc) is 2.00. The summed E-state index contributed by atoms with van der Waals surface area (Å²) in [5, 5.41) is 0. The number of pyridine rings is 1. The maximum Gasteiger partial charge on any atom is 0.123 e. The molecule has 12 heavy (non-hydrogen) atoms. The lowest BCUT2D eigenvalue weighted by atomic mass is 10.0. The minimum Gasteiger partial charge on any atom is -0.384 e. The van der Waals surface area contributed by atoms with Gasteiger partial charge in [0.25, 0.3) is 0 Å². The summed E-state index contributed by atoms with van der Waals surface area (Å²) in [5.74, 6) is 0.640. The Labute approximate surface area is 73.8 Å². The highest BCUT2D eigenvalue weighted by molar-refractivity contribution is 5.40. The van der Waals surface area contributed by atoms with Crippen LogP contribution in [-0.4, -0.2) is 4.98 Å². The van der Waals surface area contributed by atoms with E-state index in [2.05, 4.69) is 18.8 Å². The summed E-state index contributed by atoms with van der Waals surface area (Å²) in [5.41, 5.74) is 9.32. The maximum atomic E-state index is 5.65. The monoisotopic (exact) mass is 164 g/mol. The van der Waals surface area contributed by atoms with Gasteiger partial charge in [0, 0.05) is 5.69 Å². The number of hydrogen-bond donors (Lipinski definition) is 1. The van der Waals surface area contributed by atoms with Crippen LogP contribution >= 0.6 is 0 Å². The summed E-state index contributed by atoms with van der Waals surface area (Å²) in [4.78, 5) is 4.19. The third-order valence-corrected chi connectivity index (χ3v) is 2.16. The molecule has 2 N–H and O–H groups in total. The van der Waals surface area contributed by atoms with E-state index >= 15 is 0 Å². The van der Waals surface area contributed by atoms with E-state index in [0.717, 1.165) is 18.5 Å². The number of nitrogen functional groups attached to an aromatic ring is 1. The SMILES string of the molecule is CCCc1cc(N)nc(C)c1C. The van der Waals surface area contributed by atoms with Gasteiger partial charge in [-0.15, -0.1) is 0 Å². The van der Waals surface area contributed by atoms with Crippen LogP contribution in [0.15, 0.2) is 6.07 Å². The Morgan fingerprint density at radius 1 is 1.42 bits per heavy atom. The molecule has 0 amide bonds. The number of hydrogen-bond acceptors (Lipinski definition) is 2. The van der Waals surface area contributed by atoms with Gasteiger partial charge in [0.05, 0.1) is 0 Å². The van der Waals surface area contributed by atoms with Gasteiger partial charge in [-0.05, 0) is 37.5 Å². The zero-order valence-corrected chi connectivity index (χ0v) is 8.02. The van der Waals surface area contributed by atoms with Gasteiger partial charge in [0.15, 0.2) is 0 Å². The molecule has 2 heteroatoms. The summed E-state index contributed by atoms with van der Waals surface area (Å²) in [6, 6.07) is 1.98. The van der Waals surface area contributed by atoms with E-state index in [1.54, 1.807) is 0 Å². The molecule has 0 aliphatic carbocycles. The number of rotatable bonds is 2. The van der Waals surface area contributed by atoms with Gasteiger partial charge in [-0.2, -0.15) is 0 Å². The molecular weight excluding hydrogens is 148 g/mol. The molecule has 0 atom stereocenters. The molecule has 2 nitrogen and oxygen atoms in total. The molecule has 0 fully saturated rings. The van der Waals surface area contributed by atoms with Crippen molar-refractivity contribution in [2.24, 2.45) is 0 Å². The fraction of sp³-hybridized carbons (Fsp3) is 0.500. The van der Waals surface area contributed by atoms with Gasteiger partial charge in [0.1, 0.15) is 5.82 Å². The summed E-state index contributed by atoms with van der Waals surface area (Å²) in [7, 11) is 0. The van der Waals surface area contributed by atoms with Crippen LogP contribution in [-0.2, 0) is 6.42 Å². The van der Waals surface area contributed by atoms with Gasteiger partial charge in [-0.3, -0.25) is 0 Å². The van der Waals surface area contributed by atoms with E-state index in [4.69, 9.17) is 5.73 Å². The topological polar surface area (TPSA) is 38.9 Å². The molecule has 0 aliphatic heterocycles. The first-order valence-electron chi connectivity index (χ1n) is 4.37. The third-order valence-electron chi connectivity index (χ3n) is 2.16. The van der Waals surface area contributed by atoms with Gasteiger partial charge in [0.2, 0.25) is 0 Å². The van der Waals surface area contributed by atoms with Gasteiger partial charge < -0.3 is 5.73 Å². The third kappa shape index (κ3) is 1.76. The first kappa shape index (κ1) is 9.04. The molecule has 0 spiro atoms. The van der Waals surface area contributed by atoms with E-state index in [-0.39, 0.29) is 0 Å². The normalized spacial score (nSPS) is 10.2. The van der Waals surface area contributed by atoms with E-state index in [0.29, 0.717) is 5.82 Å². The molecular formula is C10H16N2. The maximum absolute atomic E-state index is 5.65. The quantitative estimate of drug-likeness (QED) is 0.728. The fourth-order valence-electron chi connectivity index (χ4n) is 1.36. The summed E-state index contributed by atoms with van der Waals surface area (Å²) < 4.78 is 0. The smallest absolute Gasteiger partial charge is 0.123 e. The Kier molecular flexibility index (Phi) is 2.69. The summed E-state index contributed by atoms with van der Waals surface area (Å²) in [6.07, 6.45) is 2.25. The minimum atomic E-state index is 0.640. The summed E-state index contributed by atoms with van der Waals surface area (Å²) in [6.45, 7) is 6.28. The highest BCUT2D eigenvalue weighted by atomic mass is 14.8. The molecule has 1 rings (SSSR count). The lowest BCUT2D eigenvalue weighted by Crippen LogP contribution is -1.99. The number of aryl methyl sites for hydroxylation is 2. The molecule has 0 aliphatic rings. The molecule has 0 bridgehead atoms. The van der Waals surface area contributed by atoms with E-state index in [9.17, 15) is 0 Å². The molecule has 1 heterocycles. The van der Waals surface area contributed by atoms with Crippen molar-refractivity contribution in [2.45, 2.75) is 33.6 Å². The zero-order chi connectivity index (χ0) is 9.14. The van der Waals surface area contributed by atoms with Gasteiger partial charge >= 0.3 is 0 Å². The molecule has 1 aromatic rings. The highest BCUT2D eigenvalue weighted by Gasteiger charge is 2.02. The van der Waals surface area contributed by atoms with Crippen molar-refractivity contribution in [1.82, 2.24) is 4.98 Å². The van der Waals surface area contributed by atoms with Crippen molar-refractivity contribution in [2.75, 3.05) is 5.73 Å². The van der Waals surface area contributed by atoms with Gasteiger partial charge in [-0.1, -0.05) is 13.3 Å². The molecule has 1 aromatic heterocycles. The molecule has 0 radical (unpaired) electrons. The van der Waals surface area contributed by atoms with Crippen LogP contribution in [0.25, 0.3) is 0 Å². The number of nitrogens with zero attached hydrogens (tertiary/aromatic N) is 1. The number of nitrogens with two attached hydrogens (primary N) is 1. The van der Waals surface area contributed by atoms with Crippen molar-refractivity contribution >= 4 is 5.82 Å². The average molecular weight is 164 g/mol. The number of anilines is 1. The van der Waals surface area contributed by atoms with E-state index < -0.39 is 0 Å². The molecule has 0 saturated carbocycles. The second-order valence-electron chi connectivity index (χ2n) is 3.17. The minimum absolute atomic E-state index is 0.640. The van der Waals surface area contributed by atoms with E-state index in [1.807, 2.05) is 13.0 Å². The Hall–Kier alpha value is -1.05. The Bertz CT molecular complexity index is 279. The van der Waals surface area contributed by atoms with Crippen LogP contribution in [0.4, 0.5) is 5.82 Å². The lowest BCUT2D eigenvalue weighted by Gasteiger charge is -2.07. The van der Waals surface area contributed by atoms with Crippen molar-refractivity contribution < 1.29 is 0 Å². The molecule has 66 valence electrons. The molecule has 0 saturated heterocycles. The fourth-order valence-corrected chi connectivity index (χ4v) is 1.36. The predicted octanol–water partition coefficient (Wildman–Crippen LogP) is 2.23. The van der Waals surface area contributed by atoms with Crippen LogP contribution in [0.2, 0.25) is 0 Å². The second-order valence-corrected chi connectivity index (χ2v) is 3.17. The predicted molar refractivity (Wildman–Crippen MR) is 52.1 cm³/mol. The van der Waals surface area contributed by atoms with Crippen LogP contribution in [0.1, 0.15) is 30.2 Å². The Morgan fingerprint density at radius 2 is 2.08 bits per heavy atom. The van der Waals surface area contributed by atoms with Crippen molar-refractivity contribution in [3.05, 3.63) is 22.9 Å². The van der Waals surface area contributed by atoms with Crippen LogP contribution in [0.5, 0.6) is 0 Å². The van der Waals surface area contributed by atoms with Crippen LogP contribution in [0, 0.1) is 13.8 Å². The first-order chi connectivity index (χ1) is 5.65. The van der Waals surface area contributed by atoms with Crippen LogP contribution in [0.3, 0.4) is 0 Å². The highest BCUT2D eigenvalue weighted by Crippen LogP contribution is 2.15. The second kappa shape index (κ2) is 3.57. The van der Waals surface area contributed by atoms with E-state index in [1.165, 1.54) is 11.1 Å². The molecule has 0 aromatic carbocycles.